The summed E-state index contributed by atoms with van der Waals surface area (Å²) in [6.45, 7) is 2.28. The molecule has 0 aliphatic carbocycles. The smallest absolute Gasteiger partial charge is 0.223 e. The molecule has 2 aliphatic rings. The molecular weight excluding hydrogens is 336 g/mol. The highest BCUT2D eigenvalue weighted by Crippen LogP contribution is 2.28. The molecule has 2 aliphatic heterocycles. The summed E-state index contributed by atoms with van der Waals surface area (Å²) >= 11 is 0. The average Bonchev–Trinajstić information content (AvgIpc) is 3.00. The van der Waals surface area contributed by atoms with Gasteiger partial charge in [-0.25, -0.2) is 8.42 Å². The first kappa shape index (κ1) is 18.4. The fourth-order valence-corrected chi connectivity index (χ4v) is 5.73. The first-order chi connectivity index (χ1) is 11.9. The van der Waals surface area contributed by atoms with Crippen LogP contribution in [0.2, 0.25) is 0 Å². The summed E-state index contributed by atoms with van der Waals surface area (Å²) in [5.74, 6) is 1.26. The Balaban J connectivity index is 1.42. The van der Waals surface area contributed by atoms with Gasteiger partial charge in [-0.05, 0) is 37.8 Å². The number of hydrogen-bond acceptors (Lipinski definition) is 4. The molecule has 2 saturated heterocycles. The highest BCUT2D eigenvalue weighted by Gasteiger charge is 2.31. The summed E-state index contributed by atoms with van der Waals surface area (Å²) in [7, 11) is -0.938. The number of benzene rings is 1. The minimum Gasteiger partial charge on any atom is -0.343 e. The number of piperidine rings is 1. The molecule has 6 heteroatoms. The normalized spacial score (nSPS) is 23.9. The Morgan fingerprint density at radius 2 is 1.84 bits per heavy atom. The number of hydrogen-bond donors (Lipinski definition) is 0. The highest BCUT2D eigenvalue weighted by atomic mass is 32.2. The molecule has 0 spiro atoms. The molecule has 3 rings (SSSR count). The Kier molecular flexibility index (Phi) is 5.79. The quantitative estimate of drug-likeness (QED) is 0.801. The van der Waals surface area contributed by atoms with E-state index < -0.39 is 9.84 Å². The second-order valence-electron chi connectivity index (χ2n) is 7.35. The van der Waals surface area contributed by atoms with Gasteiger partial charge in [-0.2, -0.15) is 0 Å². The third-order valence-corrected chi connectivity index (χ3v) is 7.38. The number of sulfone groups is 1. The molecule has 2 heterocycles. The summed E-state index contributed by atoms with van der Waals surface area (Å²) < 4.78 is 23.2. The van der Waals surface area contributed by atoms with Crippen LogP contribution in [-0.4, -0.2) is 68.4 Å². The van der Waals surface area contributed by atoms with Crippen molar-refractivity contribution in [3.05, 3.63) is 35.9 Å². The molecule has 0 radical (unpaired) electrons. The van der Waals surface area contributed by atoms with Gasteiger partial charge in [0, 0.05) is 32.1 Å². The van der Waals surface area contributed by atoms with Gasteiger partial charge in [-0.1, -0.05) is 30.3 Å². The second-order valence-corrected chi connectivity index (χ2v) is 9.58. The van der Waals surface area contributed by atoms with Crippen molar-refractivity contribution in [2.45, 2.75) is 37.6 Å². The van der Waals surface area contributed by atoms with Gasteiger partial charge in [0.25, 0.3) is 0 Å². The number of likely N-dealkylation sites (tertiary alicyclic amines) is 1. The van der Waals surface area contributed by atoms with E-state index in [2.05, 4.69) is 24.3 Å². The van der Waals surface area contributed by atoms with E-state index in [0.717, 1.165) is 25.9 Å². The lowest BCUT2D eigenvalue weighted by molar-refractivity contribution is -0.132. The maximum absolute atomic E-state index is 12.5. The van der Waals surface area contributed by atoms with Crippen molar-refractivity contribution in [3.8, 4) is 0 Å². The fourth-order valence-electron chi connectivity index (χ4n) is 3.92. The van der Waals surface area contributed by atoms with E-state index in [1.807, 2.05) is 22.9 Å². The maximum Gasteiger partial charge on any atom is 0.223 e. The van der Waals surface area contributed by atoms with Crippen LogP contribution in [-0.2, 0) is 14.6 Å². The lowest BCUT2D eigenvalue weighted by Crippen LogP contribution is -2.40. The molecular formula is C19H28N2O3S. The van der Waals surface area contributed by atoms with Crippen LogP contribution < -0.4 is 0 Å². The van der Waals surface area contributed by atoms with Crippen molar-refractivity contribution >= 4 is 15.7 Å². The predicted molar refractivity (Wildman–Crippen MR) is 99.3 cm³/mol. The first-order valence-electron chi connectivity index (χ1n) is 9.18. The van der Waals surface area contributed by atoms with Gasteiger partial charge in [0.05, 0.1) is 11.5 Å². The molecule has 0 saturated carbocycles. The molecule has 138 valence electrons. The Labute approximate surface area is 150 Å². The van der Waals surface area contributed by atoms with Crippen LogP contribution >= 0.6 is 0 Å². The predicted octanol–water partition coefficient (Wildman–Crippen LogP) is 1.90. The lowest BCUT2D eigenvalue weighted by atomic mass is 9.89. The van der Waals surface area contributed by atoms with E-state index in [1.165, 1.54) is 5.56 Å². The van der Waals surface area contributed by atoms with Crippen LogP contribution in [0.15, 0.2) is 30.3 Å². The molecule has 1 atom stereocenters. The Bertz CT molecular complexity index is 682. The van der Waals surface area contributed by atoms with E-state index in [-0.39, 0.29) is 23.5 Å². The van der Waals surface area contributed by atoms with Gasteiger partial charge in [0.2, 0.25) is 5.91 Å². The Hall–Kier alpha value is -1.40. The van der Waals surface area contributed by atoms with E-state index in [4.69, 9.17) is 0 Å². The van der Waals surface area contributed by atoms with E-state index in [9.17, 15) is 13.2 Å². The molecule has 1 aromatic rings. The summed E-state index contributed by atoms with van der Waals surface area (Å²) in [5, 5.41) is 0. The molecule has 1 aromatic carbocycles. The van der Waals surface area contributed by atoms with Gasteiger partial charge in [0.15, 0.2) is 9.84 Å². The van der Waals surface area contributed by atoms with Crippen LogP contribution in [0.4, 0.5) is 0 Å². The fraction of sp³-hybridized carbons (Fsp3) is 0.632. The minimum atomic E-state index is -2.87. The molecule has 0 bridgehead atoms. The molecule has 0 aromatic heterocycles. The molecule has 1 unspecified atom stereocenters. The van der Waals surface area contributed by atoms with Crippen LogP contribution in [0, 0.1) is 0 Å². The molecule has 5 nitrogen and oxygen atoms in total. The standard InChI is InChI=1S/C19H28N2O3S/c1-20(18-10-14-25(23,24)15-18)11-9-19(22)21-12-7-17(8-13-21)16-5-3-2-4-6-16/h2-6,17-18H,7-15H2,1H3. The van der Waals surface area contributed by atoms with Gasteiger partial charge in [-0.3, -0.25) is 4.79 Å². The van der Waals surface area contributed by atoms with Crippen molar-refractivity contribution in [3.63, 3.8) is 0 Å². The van der Waals surface area contributed by atoms with Crippen LogP contribution in [0.25, 0.3) is 0 Å². The first-order valence-corrected chi connectivity index (χ1v) is 11.0. The lowest BCUT2D eigenvalue weighted by Gasteiger charge is -2.33. The summed E-state index contributed by atoms with van der Waals surface area (Å²) in [4.78, 5) is 16.5. The number of carbonyl (C=O) groups excluding carboxylic acids is 1. The molecule has 2 fully saturated rings. The zero-order valence-corrected chi connectivity index (χ0v) is 15.7. The number of nitrogens with zero attached hydrogens (tertiary/aromatic N) is 2. The minimum absolute atomic E-state index is 0.0709. The summed E-state index contributed by atoms with van der Waals surface area (Å²) in [5.41, 5.74) is 1.37. The summed E-state index contributed by atoms with van der Waals surface area (Å²) in [6, 6.07) is 10.6. The van der Waals surface area contributed by atoms with Crippen molar-refractivity contribution in [1.82, 2.24) is 9.80 Å². The van der Waals surface area contributed by atoms with Gasteiger partial charge < -0.3 is 9.80 Å². The van der Waals surface area contributed by atoms with Crippen molar-refractivity contribution in [1.29, 1.82) is 0 Å². The zero-order chi connectivity index (χ0) is 17.9. The van der Waals surface area contributed by atoms with Gasteiger partial charge in [-0.15, -0.1) is 0 Å². The van der Waals surface area contributed by atoms with Crippen molar-refractivity contribution < 1.29 is 13.2 Å². The van der Waals surface area contributed by atoms with Gasteiger partial charge >= 0.3 is 0 Å². The van der Waals surface area contributed by atoms with E-state index >= 15 is 0 Å². The van der Waals surface area contributed by atoms with Gasteiger partial charge in [0.1, 0.15) is 0 Å². The SMILES string of the molecule is CN(CCC(=O)N1CCC(c2ccccc2)CC1)C1CCS(=O)(=O)C1. The monoisotopic (exact) mass is 364 g/mol. The third-order valence-electron chi connectivity index (χ3n) is 5.63. The second kappa shape index (κ2) is 7.87. The molecule has 1 amide bonds. The largest absolute Gasteiger partial charge is 0.343 e. The Morgan fingerprint density at radius 3 is 2.44 bits per heavy atom. The van der Waals surface area contributed by atoms with Crippen LogP contribution in [0.5, 0.6) is 0 Å². The van der Waals surface area contributed by atoms with Crippen LogP contribution in [0.3, 0.4) is 0 Å². The molecule has 25 heavy (non-hydrogen) atoms. The summed E-state index contributed by atoms with van der Waals surface area (Å²) in [6.07, 6.45) is 3.21. The number of carbonyl (C=O) groups is 1. The van der Waals surface area contributed by atoms with Crippen molar-refractivity contribution in [2.24, 2.45) is 0 Å². The Morgan fingerprint density at radius 1 is 1.16 bits per heavy atom. The maximum atomic E-state index is 12.5. The van der Waals surface area contributed by atoms with Crippen LogP contribution in [0.1, 0.15) is 37.2 Å². The highest BCUT2D eigenvalue weighted by molar-refractivity contribution is 7.91. The van der Waals surface area contributed by atoms with E-state index in [0.29, 0.717) is 25.3 Å². The number of rotatable bonds is 5. The topological polar surface area (TPSA) is 57.7 Å². The third kappa shape index (κ3) is 4.82. The zero-order valence-electron chi connectivity index (χ0n) is 14.9. The van der Waals surface area contributed by atoms with E-state index in [1.54, 1.807) is 0 Å². The average molecular weight is 365 g/mol. The number of amides is 1. The molecule has 0 N–H and O–H groups in total. The van der Waals surface area contributed by atoms with Crippen molar-refractivity contribution in [2.75, 3.05) is 38.2 Å².